The first-order valence-electron chi connectivity index (χ1n) is 14.4. The molecule has 2 aromatic carbocycles. The Morgan fingerprint density at radius 1 is 0.974 bits per heavy atom. The Morgan fingerprint density at radius 2 is 1.72 bits per heavy atom. The molecule has 0 bridgehead atoms. The third-order valence-corrected chi connectivity index (χ3v) is 8.56. The predicted octanol–water partition coefficient (Wildman–Crippen LogP) is 6.58. The molecule has 2 heterocycles. The maximum atomic E-state index is 13.1. The fraction of sp³-hybridized carbons (Fsp3) is 0.485. The molecule has 1 aliphatic heterocycles. The first kappa shape index (κ1) is 29.2. The van der Waals surface area contributed by atoms with Crippen molar-refractivity contribution in [2.45, 2.75) is 71.8 Å². The second kappa shape index (κ2) is 13.1. The van der Waals surface area contributed by atoms with Gasteiger partial charge in [-0.25, -0.2) is 0 Å². The van der Waals surface area contributed by atoms with Gasteiger partial charge >= 0.3 is 0 Å². The van der Waals surface area contributed by atoms with Crippen LogP contribution in [0.2, 0.25) is 0 Å². The fourth-order valence-electron chi connectivity index (χ4n) is 6.16. The molecule has 0 saturated heterocycles. The van der Waals surface area contributed by atoms with E-state index in [2.05, 4.69) is 27.3 Å². The van der Waals surface area contributed by atoms with E-state index in [4.69, 9.17) is 0 Å². The summed E-state index contributed by atoms with van der Waals surface area (Å²) in [6, 6.07) is 16.4. The fourth-order valence-corrected chi connectivity index (χ4v) is 6.16. The molecule has 39 heavy (non-hydrogen) atoms. The van der Waals surface area contributed by atoms with Gasteiger partial charge in [-0.3, -0.25) is 14.6 Å². The number of aromatic nitrogens is 1. The summed E-state index contributed by atoms with van der Waals surface area (Å²) >= 11 is 0. The van der Waals surface area contributed by atoms with Crippen molar-refractivity contribution in [2.24, 2.45) is 11.8 Å². The van der Waals surface area contributed by atoms with E-state index < -0.39 is 0 Å². The van der Waals surface area contributed by atoms with Gasteiger partial charge in [-0.1, -0.05) is 38.1 Å². The lowest BCUT2D eigenvalue weighted by molar-refractivity contribution is 0.0918. The van der Waals surface area contributed by atoms with Gasteiger partial charge < -0.3 is 10.2 Å². The summed E-state index contributed by atoms with van der Waals surface area (Å²) in [5.41, 5.74) is 6.18. The minimum Gasteiger partial charge on any atom is -0.349 e. The molecule has 2 aliphatic rings. The molecule has 6 heteroatoms. The van der Waals surface area contributed by atoms with Crippen molar-refractivity contribution in [1.29, 1.82) is 0 Å². The number of fused-ring (bicyclic) bond motifs is 2. The quantitative estimate of drug-likeness (QED) is 0.339. The Morgan fingerprint density at radius 3 is 2.46 bits per heavy atom. The smallest absolute Gasteiger partial charge is 0.252 e. The van der Waals surface area contributed by atoms with Gasteiger partial charge in [0.25, 0.3) is 5.91 Å². The summed E-state index contributed by atoms with van der Waals surface area (Å²) in [4.78, 5) is 32.7. The van der Waals surface area contributed by atoms with E-state index in [9.17, 15) is 9.59 Å². The van der Waals surface area contributed by atoms with Crippen LogP contribution in [0.15, 0.2) is 48.5 Å². The van der Waals surface area contributed by atoms with E-state index >= 15 is 0 Å². The zero-order valence-corrected chi connectivity index (χ0v) is 24.4. The number of pyridine rings is 1. The van der Waals surface area contributed by atoms with Gasteiger partial charge in [-0.15, -0.1) is 12.4 Å². The van der Waals surface area contributed by atoms with E-state index in [-0.39, 0.29) is 36.1 Å². The summed E-state index contributed by atoms with van der Waals surface area (Å²) < 4.78 is 0. The van der Waals surface area contributed by atoms with Crippen LogP contribution in [0, 0.1) is 18.8 Å². The number of carbonyl (C=O) groups excluding carboxylic acids is 2. The topological polar surface area (TPSA) is 62.3 Å². The molecular weight excluding hydrogens is 506 g/mol. The Balaban J connectivity index is 0.00000353. The van der Waals surface area contributed by atoms with E-state index in [1.54, 1.807) is 0 Å². The number of nitrogens with one attached hydrogen (secondary N) is 1. The first-order valence-corrected chi connectivity index (χ1v) is 14.4. The van der Waals surface area contributed by atoms with Crippen molar-refractivity contribution in [1.82, 2.24) is 15.2 Å². The second-order valence-electron chi connectivity index (χ2n) is 11.6. The molecule has 0 spiro atoms. The second-order valence-corrected chi connectivity index (χ2v) is 11.6. The van der Waals surface area contributed by atoms with Crippen molar-refractivity contribution < 1.29 is 9.59 Å². The van der Waals surface area contributed by atoms with Crippen LogP contribution in [0.5, 0.6) is 0 Å². The molecule has 5 rings (SSSR count). The summed E-state index contributed by atoms with van der Waals surface area (Å²) in [6.45, 7) is 9.21. The molecule has 1 N–H and O–H groups in total. The van der Waals surface area contributed by atoms with Gasteiger partial charge in [0.15, 0.2) is 5.78 Å². The van der Waals surface area contributed by atoms with Crippen LogP contribution < -0.4 is 5.32 Å². The molecular formula is C33H42ClN3O2. The summed E-state index contributed by atoms with van der Waals surface area (Å²) in [7, 11) is 0. The Kier molecular flexibility index (Phi) is 9.79. The minimum atomic E-state index is 0. The molecule has 5 nitrogen and oxygen atoms in total. The molecule has 3 aromatic rings. The highest BCUT2D eigenvalue weighted by molar-refractivity contribution is 6.06. The maximum absolute atomic E-state index is 13.1. The minimum absolute atomic E-state index is 0. The molecule has 208 valence electrons. The Labute approximate surface area is 239 Å². The number of nitrogens with zero attached hydrogens (tertiary/aromatic N) is 2. The SMILES string of the molecule is Cc1ccc2c(C(=O)N[C@H]3CC[C@H](CCN4CCc5ccc(C(=O)C(C)C)cc5CC4)CC3)cccc2n1.Cl. The number of amides is 1. The van der Waals surface area contributed by atoms with Crippen LogP contribution in [0.4, 0.5) is 0 Å². The van der Waals surface area contributed by atoms with Gasteiger partial charge in [0.05, 0.1) is 5.52 Å². The van der Waals surface area contributed by atoms with Crippen LogP contribution in [-0.4, -0.2) is 47.3 Å². The lowest BCUT2D eigenvalue weighted by Gasteiger charge is -2.31. The Bertz CT molecular complexity index is 1310. The summed E-state index contributed by atoms with van der Waals surface area (Å²) in [5, 5.41) is 4.23. The van der Waals surface area contributed by atoms with E-state index in [1.165, 1.54) is 30.4 Å². The lowest BCUT2D eigenvalue weighted by atomic mass is 9.84. The number of ketones is 1. The van der Waals surface area contributed by atoms with Gasteiger partial charge in [0.2, 0.25) is 0 Å². The Hall–Kier alpha value is -2.76. The first-order chi connectivity index (χ1) is 18.4. The summed E-state index contributed by atoms with van der Waals surface area (Å²) in [6.07, 6.45) is 7.77. The van der Waals surface area contributed by atoms with Crippen LogP contribution in [0.1, 0.15) is 83.5 Å². The van der Waals surface area contributed by atoms with E-state index in [0.29, 0.717) is 0 Å². The number of carbonyl (C=O) groups is 2. The van der Waals surface area contributed by atoms with Crippen molar-refractivity contribution in [3.05, 3.63) is 76.5 Å². The lowest BCUT2D eigenvalue weighted by Crippen LogP contribution is -2.38. The standard InChI is InChI=1S/C33H41N3O2.ClH/c1-22(2)32(37)27-11-10-25-16-19-36(20-17-26(25)21-27)18-15-24-8-12-28(13-9-24)35-33(38)30-5-4-6-31-29(30)14-7-23(3)34-31;/h4-7,10-11,14,21-22,24,28H,8-9,12-13,15-20H2,1-3H3,(H,35,38);1H/t24-,28-;. The molecule has 0 unspecified atom stereocenters. The molecule has 1 aliphatic carbocycles. The number of rotatable bonds is 7. The zero-order valence-electron chi connectivity index (χ0n) is 23.5. The van der Waals surface area contributed by atoms with Crippen molar-refractivity contribution >= 4 is 35.0 Å². The highest BCUT2D eigenvalue weighted by Crippen LogP contribution is 2.28. The molecule has 1 saturated carbocycles. The normalized spacial score (nSPS) is 19.7. The van der Waals surface area contributed by atoms with E-state index in [1.807, 2.05) is 57.2 Å². The maximum Gasteiger partial charge on any atom is 0.252 e. The summed E-state index contributed by atoms with van der Waals surface area (Å²) in [5.74, 6) is 1.03. The molecule has 1 amide bonds. The van der Waals surface area contributed by atoms with Gasteiger partial charge in [0.1, 0.15) is 0 Å². The molecule has 1 fully saturated rings. The number of hydrogen-bond donors (Lipinski definition) is 1. The van der Waals surface area contributed by atoms with Crippen molar-refractivity contribution in [3.63, 3.8) is 0 Å². The highest BCUT2D eigenvalue weighted by atomic mass is 35.5. The molecule has 0 radical (unpaired) electrons. The number of halogens is 1. The largest absolute Gasteiger partial charge is 0.349 e. The highest BCUT2D eigenvalue weighted by Gasteiger charge is 2.24. The number of aryl methyl sites for hydroxylation is 1. The van der Waals surface area contributed by atoms with Crippen molar-refractivity contribution in [3.8, 4) is 0 Å². The average molecular weight is 548 g/mol. The molecule has 1 aromatic heterocycles. The monoisotopic (exact) mass is 547 g/mol. The number of benzene rings is 2. The average Bonchev–Trinajstić information content (AvgIpc) is 3.13. The van der Waals surface area contributed by atoms with Crippen molar-refractivity contribution in [2.75, 3.05) is 19.6 Å². The van der Waals surface area contributed by atoms with Crippen LogP contribution in [0.25, 0.3) is 10.9 Å². The van der Waals surface area contributed by atoms with Crippen LogP contribution in [0.3, 0.4) is 0 Å². The van der Waals surface area contributed by atoms with Crippen LogP contribution in [-0.2, 0) is 12.8 Å². The van der Waals surface area contributed by atoms with Gasteiger partial charge in [-0.2, -0.15) is 0 Å². The van der Waals surface area contributed by atoms with Crippen LogP contribution >= 0.6 is 12.4 Å². The number of hydrogen-bond acceptors (Lipinski definition) is 4. The van der Waals surface area contributed by atoms with Gasteiger partial charge in [-0.05, 0) is 99.7 Å². The third-order valence-electron chi connectivity index (χ3n) is 8.56. The van der Waals surface area contributed by atoms with Gasteiger partial charge in [0, 0.05) is 47.3 Å². The van der Waals surface area contributed by atoms with E-state index in [0.717, 1.165) is 79.0 Å². The third kappa shape index (κ3) is 7.06. The predicted molar refractivity (Wildman–Crippen MR) is 161 cm³/mol. The molecule has 0 atom stereocenters. The number of Topliss-reactive ketones (excluding diaryl/α,β-unsaturated/α-hetero) is 1. The zero-order chi connectivity index (χ0) is 26.6.